The highest BCUT2D eigenvalue weighted by Gasteiger charge is 2.27. The van der Waals surface area contributed by atoms with E-state index in [0.717, 1.165) is 41.2 Å². The number of aromatic nitrogens is 3. The van der Waals surface area contributed by atoms with Gasteiger partial charge >= 0.3 is 0 Å². The van der Waals surface area contributed by atoms with Crippen molar-refractivity contribution in [1.29, 1.82) is 0 Å². The Morgan fingerprint density at radius 3 is 2.30 bits per heavy atom. The first-order chi connectivity index (χ1) is 14.6. The van der Waals surface area contributed by atoms with Crippen molar-refractivity contribution in [2.75, 3.05) is 18.0 Å². The van der Waals surface area contributed by atoms with E-state index in [-0.39, 0.29) is 12.2 Å². The predicted molar refractivity (Wildman–Crippen MR) is 121 cm³/mol. The maximum absolute atomic E-state index is 5.96. The molecule has 5 heteroatoms. The summed E-state index contributed by atoms with van der Waals surface area (Å²) in [6.07, 6.45) is 4.20. The maximum Gasteiger partial charge on any atom is 0.150 e. The number of benzene rings is 2. The van der Waals surface area contributed by atoms with E-state index in [1.807, 2.05) is 6.07 Å². The van der Waals surface area contributed by atoms with Gasteiger partial charge in [-0.1, -0.05) is 48.0 Å². The molecule has 0 N–H and O–H groups in total. The molecule has 152 valence electrons. The molecule has 0 amide bonds. The summed E-state index contributed by atoms with van der Waals surface area (Å²) >= 11 is 0. The van der Waals surface area contributed by atoms with E-state index in [4.69, 9.17) is 14.7 Å². The fourth-order valence-corrected chi connectivity index (χ4v) is 4.38. The van der Waals surface area contributed by atoms with Gasteiger partial charge in [-0.05, 0) is 38.5 Å². The standard InChI is InChI=1S/C25H26N4O/c1-17-9-11-21(12-10-17)29-15-22(20-7-5-4-6-8-20)23-24(26-16-27-25(23)29)28-13-18(2)30-19(3)14-28/h4-12,15-16,18-19H,13-14H2,1-3H3/t18-,19-/m0/s1. The van der Waals surface area contributed by atoms with Crippen LogP contribution in [0.2, 0.25) is 0 Å². The number of hydrogen-bond donors (Lipinski definition) is 0. The van der Waals surface area contributed by atoms with Gasteiger partial charge in [-0.3, -0.25) is 0 Å². The molecule has 5 nitrogen and oxygen atoms in total. The lowest BCUT2D eigenvalue weighted by molar-refractivity contribution is -0.00537. The van der Waals surface area contributed by atoms with Crippen LogP contribution in [0.1, 0.15) is 19.4 Å². The van der Waals surface area contributed by atoms with Gasteiger partial charge in [0.05, 0.1) is 17.6 Å². The molecule has 1 fully saturated rings. The van der Waals surface area contributed by atoms with Gasteiger partial charge in [-0.25, -0.2) is 9.97 Å². The summed E-state index contributed by atoms with van der Waals surface area (Å²) in [6.45, 7) is 7.99. The summed E-state index contributed by atoms with van der Waals surface area (Å²) in [5.41, 5.74) is 5.58. The number of aryl methyl sites for hydroxylation is 1. The maximum atomic E-state index is 5.96. The fourth-order valence-electron chi connectivity index (χ4n) is 4.38. The second kappa shape index (κ2) is 7.58. The van der Waals surface area contributed by atoms with Crippen LogP contribution >= 0.6 is 0 Å². The highest BCUT2D eigenvalue weighted by molar-refractivity contribution is 6.02. The average molecular weight is 399 g/mol. The number of nitrogens with zero attached hydrogens (tertiary/aromatic N) is 4. The van der Waals surface area contributed by atoms with Crippen LogP contribution in [0.15, 0.2) is 67.1 Å². The third kappa shape index (κ3) is 3.35. The van der Waals surface area contributed by atoms with Crippen molar-refractivity contribution < 1.29 is 4.74 Å². The predicted octanol–water partition coefficient (Wildman–Crippen LogP) is 5.01. The quantitative estimate of drug-likeness (QED) is 0.487. The zero-order valence-electron chi connectivity index (χ0n) is 17.6. The number of anilines is 1. The normalized spacial score (nSPS) is 19.4. The zero-order valence-corrected chi connectivity index (χ0v) is 17.6. The number of fused-ring (bicyclic) bond motifs is 1. The lowest BCUT2D eigenvalue weighted by atomic mass is 10.1. The van der Waals surface area contributed by atoms with E-state index in [1.54, 1.807) is 6.33 Å². The molecule has 2 atom stereocenters. The molecule has 3 heterocycles. The molecule has 0 saturated carbocycles. The lowest BCUT2D eigenvalue weighted by Gasteiger charge is -2.36. The third-order valence-corrected chi connectivity index (χ3v) is 5.68. The zero-order chi connectivity index (χ0) is 20.7. The molecule has 1 aliphatic heterocycles. The first-order valence-electron chi connectivity index (χ1n) is 10.5. The fraction of sp³-hybridized carbons (Fsp3) is 0.280. The summed E-state index contributed by atoms with van der Waals surface area (Å²) in [7, 11) is 0. The Labute approximate surface area is 177 Å². The van der Waals surface area contributed by atoms with E-state index < -0.39 is 0 Å². The summed E-state index contributed by atoms with van der Waals surface area (Å²) < 4.78 is 8.14. The molecule has 4 aromatic rings. The number of rotatable bonds is 3. The van der Waals surface area contributed by atoms with Gasteiger partial charge in [0.25, 0.3) is 0 Å². The SMILES string of the molecule is Cc1ccc(-n2cc(-c3ccccc3)c3c(N4C[C@H](C)O[C@@H](C)C4)ncnc32)cc1. The molecule has 1 saturated heterocycles. The van der Waals surface area contributed by atoms with Gasteiger partial charge < -0.3 is 14.2 Å². The van der Waals surface area contributed by atoms with Gasteiger partial charge in [0, 0.05) is 30.5 Å². The Bertz CT molecular complexity index is 1160. The van der Waals surface area contributed by atoms with Crippen molar-refractivity contribution in [3.05, 3.63) is 72.7 Å². The van der Waals surface area contributed by atoms with Crippen molar-refractivity contribution in [1.82, 2.24) is 14.5 Å². The summed E-state index contributed by atoms with van der Waals surface area (Å²) in [5.74, 6) is 0.978. The van der Waals surface area contributed by atoms with E-state index in [1.165, 1.54) is 11.1 Å². The molecule has 5 rings (SSSR count). The Kier molecular flexibility index (Phi) is 4.75. The third-order valence-electron chi connectivity index (χ3n) is 5.68. The average Bonchev–Trinajstić information content (AvgIpc) is 3.14. The molecule has 0 bridgehead atoms. The van der Waals surface area contributed by atoms with Crippen LogP contribution in [-0.2, 0) is 4.74 Å². The molecular formula is C25H26N4O. The van der Waals surface area contributed by atoms with Crippen molar-refractivity contribution in [2.24, 2.45) is 0 Å². The largest absolute Gasteiger partial charge is 0.372 e. The monoisotopic (exact) mass is 398 g/mol. The van der Waals surface area contributed by atoms with Crippen LogP contribution in [0.25, 0.3) is 27.8 Å². The Morgan fingerprint density at radius 2 is 1.60 bits per heavy atom. The lowest BCUT2D eigenvalue weighted by Crippen LogP contribution is -2.46. The summed E-state index contributed by atoms with van der Waals surface area (Å²) in [4.78, 5) is 11.8. The summed E-state index contributed by atoms with van der Waals surface area (Å²) in [6, 6.07) is 19.1. The molecule has 0 radical (unpaired) electrons. The Hall–Kier alpha value is -3.18. The van der Waals surface area contributed by atoms with E-state index in [2.05, 4.69) is 85.0 Å². The van der Waals surface area contributed by atoms with Crippen molar-refractivity contribution in [3.63, 3.8) is 0 Å². The minimum Gasteiger partial charge on any atom is -0.372 e. The van der Waals surface area contributed by atoms with E-state index in [0.29, 0.717) is 0 Å². The van der Waals surface area contributed by atoms with Crippen LogP contribution in [0.5, 0.6) is 0 Å². The molecule has 1 aliphatic rings. The van der Waals surface area contributed by atoms with Crippen LogP contribution in [0.4, 0.5) is 5.82 Å². The molecule has 2 aromatic carbocycles. The van der Waals surface area contributed by atoms with Crippen LogP contribution in [0, 0.1) is 6.92 Å². The minimum absolute atomic E-state index is 0.165. The van der Waals surface area contributed by atoms with Crippen molar-refractivity contribution >= 4 is 16.9 Å². The first kappa shape index (κ1) is 18.8. The second-order valence-electron chi connectivity index (χ2n) is 8.17. The highest BCUT2D eigenvalue weighted by atomic mass is 16.5. The Balaban J connectivity index is 1.75. The molecule has 0 aliphatic carbocycles. The number of morpholine rings is 1. The first-order valence-corrected chi connectivity index (χ1v) is 10.5. The highest BCUT2D eigenvalue weighted by Crippen LogP contribution is 2.37. The molecule has 30 heavy (non-hydrogen) atoms. The van der Waals surface area contributed by atoms with Crippen molar-refractivity contribution in [3.8, 4) is 16.8 Å². The van der Waals surface area contributed by atoms with Gasteiger partial charge in [-0.2, -0.15) is 0 Å². The molecule has 2 aromatic heterocycles. The second-order valence-corrected chi connectivity index (χ2v) is 8.17. The molecule has 0 unspecified atom stereocenters. The minimum atomic E-state index is 0.165. The van der Waals surface area contributed by atoms with Crippen LogP contribution < -0.4 is 4.90 Å². The van der Waals surface area contributed by atoms with Gasteiger partial charge in [0.15, 0.2) is 5.65 Å². The molecule has 0 spiro atoms. The van der Waals surface area contributed by atoms with Gasteiger partial charge in [0.1, 0.15) is 12.1 Å². The van der Waals surface area contributed by atoms with Gasteiger partial charge in [-0.15, -0.1) is 0 Å². The number of hydrogen-bond acceptors (Lipinski definition) is 4. The molecular weight excluding hydrogens is 372 g/mol. The van der Waals surface area contributed by atoms with Crippen LogP contribution in [-0.4, -0.2) is 39.8 Å². The van der Waals surface area contributed by atoms with Crippen LogP contribution in [0.3, 0.4) is 0 Å². The van der Waals surface area contributed by atoms with Crippen molar-refractivity contribution in [2.45, 2.75) is 33.0 Å². The Morgan fingerprint density at radius 1 is 0.900 bits per heavy atom. The van der Waals surface area contributed by atoms with Gasteiger partial charge in [0.2, 0.25) is 0 Å². The van der Waals surface area contributed by atoms with E-state index in [9.17, 15) is 0 Å². The summed E-state index contributed by atoms with van der Waals surface area (Å²) in [5, 5.41) is 1.09. The smallest absolute Gasteiger partial charge is 0.150 e. The number of ether oxygens (including phenoxy) is 1. The van der Waals surface area contributed by atoms with E-state index >= 15 is 0 Å². The topological polar surface area (TPSA) is 43.2 Å².